The van der Waals surface area contributed by atoms with Gasteiger partial charge < -0.3 is 9.64 Å². The standard InChI is InChI=1S/C26H31N3O2S/c1-26(2,3)31-22(30)19-28-15-10-16-29(18-17-28)25-27-23(20-11-6-4-7-12-20)24(32-25)21-13-8-5-9-14-21/h4-9,11-14H,10,15-19H2,1-3H3. The predicted molar refractivity (Wildman–Crippen MR) is 132 cm³/mol. The summed E-state index contributed by atoms with van der Waals surface area (Å²) in [6, 6.07) is 20.9. The lowest BCUT2D eigenvalue weighted by Gasteiger charge is -2.24. The van der Waals surface area contributed by atoms with Crippen LogP contribution >= 0.6 is 11.3 Å². The van der Waals surface area contributed by atoms with E-state index in [1.54, 1.807) is 11.3 Å². The fourth-order valence-electron chi connectivity index (χ4n) is 3.90. The molecule has 1 saturated heterocycles. The maximum absolute atomic E-state index is 12.3. The monoisotopic (exact) mass is 449 g/mol. The number of nitrogens with zero attached hydrogens (tertiary/aromatic N) is 3. The number of carbonyl (C=O) groups excluding carboxylic acids is 1. The van der Waals surface area contributed by atoms with Crippen LogP contribution in [-0.2, 0) is 9.53 Å². The maximum Gasteiger partial charge on any atom is 0.320 e. The highest BCUT2D eigenvalue weighted by Crippen LogP contribution is 2.40. The summed E-state index contributed by atoms with van der Waals surface area (Å²) in [6.45, 7) is 9.55. The molecule has 0 saturated carbocycles. The molecule has 168 valence electrons. The van der Waals surface area contributed by atoms with Crippen LogP contribution in [0.3, 0.4) is 0 Å². The number of hydrogen-bond donors (Lipinski definition) is 0. The molecule has 1 aromatic heterocycles. The molecule has 0 unspecified atom stereocenters. The summed E-state index contributed by atoms with van der Waals surface area (Å²) in [5.41, 5.74) is 2.91. The van der Waals surface area contributed by atoms with Crippen LogP contribution in [0.5, 0.6) is 0 Å². The molecule has 2 aromatic carbocycles. The molecule has 6 heteroatoms. The van der Waals surface area contributed by atoms with E-state index in [2.05, 4.69) is 58.3 Å². The minimum atomic E-state index is -0.447. The molecule has 0 spiro atoms. The van der Waals surface area contributed by atoms with Gasteiger partial charge in [-0.05, 0) is 32.8 Å². The van der Waals surface area contributed by atoms with Gasteiger partial charge in [-0.2, -0.15) is 0 Å². The number of aromatic nitrogens is 1. The number of anilines is 1. The topological polar surface area (TPSA) is 45.7 Å². The fraction of sp³-hybridized carbons (Fsp3) is 0.385. The molecule has 0 radical (unpaired) electrons. The van der Waals surface area contributed by atoms with Crippen LogP contribution in [0.1, 0.15) is 27.2 Å². The Morgan fingerprint density at radius 1 is 0.938 bits per heavy atom. The van der Waals surface area contributed by atoms with E-state index in [0.29, 0.717) is 6.54 Å². The van der Waals surface area contributed by atoms with Gasteiger partial charge in [-0.25, -0.2) is 4.98 Å². The third kappa shape index (κ3) is 5.75. The second kappa shape index (κ2) is 9.84. The van der Waals surface area contributed by atoms with Gasteiger partial charge in [0.25, 0.3) is 0 Å². The average Bonchev–Trinajstić information content (AvgIpc) is 3.08. The van der Waals surface area contributed by atoms with Crippen molar-refractivity contribution in [3.05, 3.63) is 60.7 Å². The zero-order valence-corrected chi connectivity index (χ0v) is 19.9. The number of ether oxygens (including phenoxy) is 1. The molecule has 0 amide bonds. The molecule has 5 nitrogen and oxygen atoms in total. The largest absolute Gasteiger partial charge is 0.459 e. The second-order valence-corrected chi connectivity index (χ2v) is 10.1. The fourth-order valence-corrected chi connectivity index (χ4v) is 5.04. The van der Waals surface area contributed by atoms with Crippen molar-refractivity contribution < 1.29 is 9.53 Å². The molecule has 0 atom stereocenters. The summed E-state index contributed by atoms with van der Waals surface area (Å²) in [4.78, 5) is 23.1. The Bertz CT molecular complexity index is 971. The van der Waals surface area contributed by atoms with Crippen molar-refractivity contribution in [1.82, 2.24) is 9.88 Å². The van der Waals surface area contributed by atoms with Crippen molar-refractivity contribution >= 4 is 22.4 Å². The van der Waals surface area contributed by atoms with E-state index in [0.717, 1.165) is 49.0 Å². The number of carbonyl (C=O) groups is 1. The van der Waals surface area contributed by atoms with Gasteiger partial charge in [-0.3, -0.25) is 9.69 Å². The van der Waals surface area contributed by atoms with E-state index in [4.69, 9.17) is 9.72 Å². The van der Waals surface area contributed by atoms with E-state index >= 15 is 0 Å². The van der Waals surface area contributed by atoms with Crippen molar-refractivity contribution in [3.8, 4) is 21.7 Å². The van der Waals surface area contributed by atoms with Crippen LogP contribution < -0.4 is 4.90 Å². The first kappa shape index (κ1) is 22.5. The first-order valence-electron chi connectivity index (χ1n) is 11.2. The van der Waals surface area contributed by atoms with Gasteiger partial charge in [-0.15, -0.1) is 0 Å². The molecule has 3 aromatic rings. The lowest BCUT2D eigenvalue weighted by Crippen LogP contribution is -2.37. The third-order valence-corrected chi connectivity index (χ3v) is 6.50. The van der Waals surface area contributed by atoms with Gasteiger partial charge in [0.1, 0.15) is 5.60 Å². The van der Waals surface area contributed by atoms with E-state index in [1.165, 1.54) is 10.4 Å². The van der Waals surface area contributed by atoms with E-state index in [-0.39, 0.29) is 5.97 Å². The van der Waals surface area contributed by atoms with Crippen LogP contribution in [-0.4, -0.2) is 54.2 Å². The predicted octanol–water partition coefficient (Wildman–Crippen LogP) is 5.33. The highest BCUT2D eigenvalue weighted by Gasteiger charge is 2.24. The van der Waals surface area contributed by atoms with E-state index in [1.807, 2.05) is 32.9 Å². The summed E-state index contributed by atoms with van der Waals surface area (Å²) in [7, 11) is 0. The maximum atomic E-state index is 12.3. The minimum absolute atomic E-state index is 0.155. The summed E-state index contributed by atoms with van der Waals surface area (Å²) in [6.07, 6.45) is 0.990. The third-order valence-electron chi connectivity index (χ3n) is 5.33. The minimum Gasteiger partial charge on any atom is -0.459 e. The zero-order chi connectivity index (χ0) is 22.6. The molecule has 4 rings (SSSR count). The molecule has 32 heavy (non-hydrogen) atoms. The Kier molecular flexibility index (Phi) is 6.92. The highest BCUT2D eigenvalue weighted by atomic mass is 32.1. The molecular weight excluding hydrogens is 418 g/mol. The van der Waals surface area contributed by atoms with Gasteiger partial charge in [0.15, 0.2) is 5.13 Å². The van der Waals surface area contributed by atoms with Crippen molar-refractivity contribution in [2.75, 3.05) is 37.6 Å². The Balaban J connectivity index is 1.53. The summed E-state index contributed by atoms with van der Waals surface area (Å²) in [5, 5.41) is 1.04. The van der Waals surface area contributed by atoms with Crippen LogP contribution in [0.2, 0.25) is 0 Å². The summed E-state index contributed by atoms with van der Waals surface area (Å²) in [5.74, 6) is -0.155. The highest BCUT2D eigenvalue weighted by molar-refractivity contribution is 7.19. The number of esters is 1. The Morgan fingerprint density at radius 2 is 1.59 bits per heavy atom. The average molecular weight is 450 g/mol. The SMILES string of the molecule is CC(C)(C)OC(=O)CN1CCCN(c2nc(-c3ccccc3)c(-c3ccccc3)s2)CC1. The van der Waals surface area contributed by atoms with Gasteiger partial charge >= 0.3 is 5.97 Å². The van der Waals surface area contributed by atoms with Gasteiger partial charge in [0.05, 0.1) is 17.1 Å². The number of rotatable bonds is 5. The quantitative estimate of drug-likeness (QED) is 0.493. The van der Waals surface area contributed by atoms with Crippen molar-refractivity contribution in [3.63, 3.8) is 0 Å². The molecule has 0 N–H and O–H groups in total. The van der Waals surface area contributed by atoms with E-state index in [9.17, 15) is 4.79 Å². The van der Waals surface area contributed by atoms with Crippen LogP contribution in [0.4, 0.5) is 5.13 Å². The zero-order valence-electron chi connectivity index (χ0n) is 19.1. The molecule has 1 aliphatic rings. The summed E-state index contributed by atoms with van der Waals surface area (Å²) < 4.78 is 5.51. The Labute approximate surface area is 194 Å². The molecule has 0 bridgehead atoms. The van der Waals surface area contributed by atoms with Crippen molar-refractivity contribution in [2.45, 2.75) is 32.8 Å². The molecule has 1 aliphatic heterocycles. The molecule has 1 fully saturated rings. The van der Waals surface area contributed by atoms with Crippen molar-refractivity contribution in [1.29, 1.82) is 0 Å². The van der Waals surface area contributed by atoms with E-state index < -0.39 is 5.60 Å². The number of thiazole rings is 1. The van der Waals surface area contributed by atoms with Gasteiger partial charge in [-0.1, -0.05) is 72.0 Å². The van der Waals surface area contributed by atoms with Crippen molar-refractivity contribution in [2.24, 2.45) is 0 Å². The lowest BCUT2D eigenvalue weighted by atomic mass is 10.1. The smallest absolute Gasteiger partial charge is 0.320 e. The Morgan fingerprint density at radius 3 is 2.25 bits per heavy atom. The van der Waals surface area contributed by atoms with Crippen LogP contribution in [0.25, 0.3) is 21.7 Å². The Hall–Kier alpha value is -2.70. The normalized spacial score (nSPS) is 15.4. The summed E-state index contributed by atoms with van der Waals surface area (Å²) >= 11 is 1.75. The van der Waals surface area contributed by atoms with Crippen LogP contribution in [0, 0.1) is 0 Å². The first-order valence-corrected chi connectivity index (χ1v) is 12.0. The number of hydrogen-bond acceptors (Lipinski definition) is 6. The van der Waals surface area contributed by atoms with Crippen LogP contribution in [0.15, 0.2) is 60.7 Å². The molecular formula is C26H31N3O2S. The molecule has 2 heterocycles. The molecule has 0 aliphatic carbocycles. The van der Waals surface area contributed by atoms with Gasteiger partial charge in [0.2, 0.25) is 0 Å². The first-order chi connectivity index (χ1) is 15.4. The second-order valence-electron chi connectivity index (χ2n) is 9.11. The lowest BCUT2D eigenvalue weighted by molar-refractivity contribution is -0.156. The number of benzene rings is 2. The van der Waals surface area contributed by atoms with Gasteiger partial charge in [0, 0.05) is 31.7 Å².